The zero-order valence-electron chi connectivity index (χ0n) is 10.9. The van der Waals surface area contributed by atoms with Crippen LogP contribution in [0.4, 0.5) is 0 Å². The molecule has 1 fully saturated rings. The van der Waals surface area contributed by atoms with Crippen molar-refractivity contribution >= 4 is 11.6 Å². The molecule has 1 saturated carbocycles. The summed E-state index contributed by atoms with van der Waals surface area (Å²) in [6, 6.07) is 0. The van der Waals surface area contributed by atoms with Crippen LogP contribution in [-0.2, 0) is 9.59 Å². The van der Waals surface area contributed by atoms with Gasteiger partial charge in [0, 0.05) is 12.8 Å². The third-order valence-electron chi connectivity index (χ3n) is 4.45. The van der Waals surface area contributed by atoms with E-state index in [0.717, 1.165) is 5.57 Å². The van der Waals surface area contributed by atoms with Crippen molar-refractivity contribution in [1.82, 2.24) is 0 Å². The van der Waals surface area contributed by atoms with Crippen molar-refractivity contribution < 1.29 is 9.59 Å². The Morgan fingerprint density at radius 1 is 1.41 bits per heavy atom. The quantitative estimate of drug-likeness (QED) is 0.651. The van der Waals surface area contributed by atoms with E-state index in [4.69, 9.17) is 0 Å². The van der Waals surface area contributed by atoms with Crippen LogP contribution in [0, 0.1) is 16.7 Å². The van der Waals surface area contributed by atoms with Crippen molar-refractivity contribution in [3.8, 4) is 0 Å². The van der Waals surface area contributed by atoms with Gasteiger partial charge in [-0.1, -0.05) is 26.0 Å². The van der Waals surface area contributed by atoms with Gasteiger partial charge in [0.15, 0.2) is 5.78 Å². The Hall–Kier alpha value is -1.18. The van der Waals surface area contributed by atoms with Gasteiger partial charge in [0.25, 0.3) is 0 Å². The molecule has 0 aromatic carbocycles. The summed E-state index contributed by atoms with van der Waals surface area (Å²) in [6.07, 6.45) is 5.56. The van der Waals surface area contributed by atoms with E-state index in [-0.39, 0.29) is 22.9 Å². The maximum atomic E-state index is 12.4. The molecule has 92 valence electrons. The Labute approximate surface area is 103 Å². The summed E-state index contributed by atoms with van der Waals surface area (Å²) in [5.74, 6) is 0.598. The van der Waals surface area contributed by atoms with Gasteiger partial charge in [0.05, 0.1) is 5.41 Å². The first-order valence-electron chi connectivity index (χ1n) is 6.22. The highest BCUT2D eigenvalue weighted by Crippen LogP contribution is 2.56. The van der Waals surface area contributed by atoms with Crippen LogP contribution in [0.15, 0.2) is 24.3 Å². The molecule has 2 nitrogen and oxygen atoms in total. The minimum Gasteiger partial charge on any atom is -0.299 e. The zero-order valence-corrected chi connectivity index (χ0v) is 10.9. The summed E-state index contributed by atoms with van der Waals surface area (Å²) >= 11 is 0. The van der Waals surface area contributed by atoms with Gasteiger partial charge in [0.1, 0.15) is 5.78 Å². The summed E-state index contributed by atoms with van der Waals surface area (Å²) in [5.41, 5.74) is 0.244. The fourth-order valence-corrected chi connectivity index (χ4v) is 3.61. The van der Waals surface area contributed by atoms with Gasteiger partial charge in [0.2, 0.25) is 0 Å². The average Bonchev–Trinajstić information content (AvgIpc) is 2.40. The molecule has 0 aliphatic heterocycles. The highest BCUT2D eigenvalue weighted by Gasteiger charge is 2.56. The number of hydrogen-bond acceptors (Lipinski definition) is 2. The van der Waals surface area contributed by atoms with E-state index < -0.39 is 5.41 Å². The van der Waals surface area contributed by atoms with Crippen LogP contribution in [0.2, 0.25) is 0 Å². The highest BCUT2D eigenvalue weighted by atomic mass is 16.1. The Morgan fingerprint density at radius 2 is 2.06 bits per heavy atom. The molecule has 1 spiro atoms. The third kappa shape index (κ3) is 1.62. The van der Waals surface area contributed by atoms with Gasteiger partial charge in [-0.25, -0.2) is 0 Å². The second-order valence-electron chi connectivity index (χ2n) is 6.09. The van der Waals surface area contributed by atoms with Gasteiger partial charge in [-0.15, -0.1) is 6.58 Å². The Morgan fingerprint density at radius 3 is 2.59 bits per heavy atom. The van der Waals surface area contributed by atoms with E-state index in [1.54, 1.807) is 0 Å². The number of ketones is 2. The molecule has 0 N–H and O–H groups in total. The molecule has 0 aromatic heterocycles. The minimum atomic E-state index is -0.455. The fraction of sp³-hybridized carbons (Fsp3) is 0.600. The van der Waals surface area contributed by atoms with E-state index in [1.165, 1.54) is 0 Å². The Balaban J connectivity index is 2.53. The molecule has 0 unspecified atom stereocenters. The number of hydrogen-bond donors (Lipinski definition) is 0. The predicted molar refractivity (Wildman–Crippen MR) is 67.5 cm³/mol. The van der Waals surface area contributed by atoms with Crippen LogP contribution in [0.3, 0.4) is 0 Å². The molecule has 2 rings (SSSR count). The summed E-state index contributed by atoms with van der Waals surface area (Å²) < 4.78 is 0. The third-order valence-corrected chi connectivity index (χ3v) is 4.45. The molecule has 17 heavy (non-hydrogen) atoms. The van der Waals surface area contributed by atoms with E-state index in [0.29, 0.717) is 19.3 Å². The van der Waals surface area contributed by atoms with Crippen molar-refractivity contribution in [2.45, 2.75) is 40.0 Å². The van der Waals surface area contributed by atoms with Crippen molar-refractivity contribution in [3.63, 3.8) is 0 Å². The van der Waals surface area contributed by atoms with Crippen LogP contribution < -0.4 is 0 Å². The molecular formula is C15H20O2. The Kier molecular flexibility index (Phi) is 2.64. The second-order valence-corrected chi connectivity index (χ2v) is 6.09. The van der Waals surface area contributed by atoms with Crippen molar-refractivity contribution in [2.75, 3.05) is 0 Å². The number of carbonyl (C=O) groups is 2. The number of Topliss-reactive ketones (excluding diaryl/α,β-unsaturated/α-hetero) is 2. The summed E-state index contributed by atoms with van der Waals surface area (Å²) in [5, 5.41) is 0. The molecule has 0 bridgehead atoms. The maximum Gasteiger partial charge on any atom is 0.158 e. The van der Waals surface area contributed by atoms with Crippen molar-refractivity contribution in [2.24, 2.45) is 16.7 Å². The maximum absolute atomic E-state index is 12.4. The largest absolute Gasteiger partial charge is 0.299 e. The first kappa shape index (κ1) is 12.3. The van der Waals surface area contributed by atoms with Crippen molar-refractivity contribution in [3.05, 3.63) is 24.3 Å². The first-order valence-corrected chi connectivity index (χ1v) is 6.22. The fourth-order valence-electron chi connectivity index (χ4n) is 3.61. The smallest absolute Gasteiger partial charge is 0.158 e. The lowest BCUT2D eigenvalue weighted by Gasteiger charge is -2.37. The number of carbonyl (C=O) groups excluding carboxylic acids is 2. The van der Waals surface area contributed by atoms with Crippen LogP contribution in [0.1, 0.15) is 40.0 Å². The Bertz CT molecular complexity index is 428. The predicted octanol–water partition coefficient (Wildman–Crippen LogP) is 3.08. The molecule has 0 amide bonds. The number of rotatable bonds is 1. The SMILES string of the molecule is C=C[C@H]1C(C)(C)CC(=O)[C@@]12C=C(C)C(=O)CC2. The van der Waals surface area contributed by atoms with Crippen LogP contribution >= 0.6 is 0 Å². The van der Waals surface area contributed by atoms with E-state index >= 15 is 0 Å². The molecule has 2 atom stereocenters. The number of allylic oxidation sites excluding steroid dienone is 3. The zero-order chi connectivity index (χ0) is 12.8. The summed E-state index contributed by atoms with van der Waals surface area (Å²) in [6.45, 7) is 9.95. The lowest BCUT2D eigenvalue weighted by Crippen LogP contribution is -2.36. The first-order chi connectivity index (χ1) is 7.83. The molecule has 0 radical (unpaired) electrons. The van der Waals surface area contributed by atoms with E-state index in [1.807, 2.05) is 19.1 Å². The lowest BCUT2D eigenvalue weighted by molar-refractivity contribution is -0.126. The molecule has 0 saturated heterocycles. The summed E-state index contributed by atoms with van der Waals surface area (Å²) in [4.78, 5) is 24.0. The highest BCUT2D eigenvalue weighted by molar-refractivity contribution is 6.00. The van der Waals surface area contributed by atoms with Crippen LogP contribution in [0.5, 0.6) is 0 Å². The molecule has 2 aliphatic rings. The van der Waals surface area contributed by atoms with E-state index in [2.05, 4.69) is 20.4 Å². The molecule has 0 heterocycles. The second kappa shape index (κ2) is 3.66. The van der Waals surface area contributed by atoms with Gasteiger partial charge >= 0.3 is 0 Å². The molecule has 0 aromatic rings. The normalized spacial score (nSPS) is 36.2. The standard InChI is InChI=1S/C15H20O2/c1-5-12-14(3,4)9-13(17)15(12)7-6-11(16)10(2)8-15/h5,8,12H,1,6-7,9H2,2-4H3/t12-,15-/m0/s1. The lowest BCUT2D eigenvalue weighted by atomic mass is 9.65. The minimum absolute atomic E-state index is 0.0456. The van der Waals surface area contributed by atoms with Crippen molar-refractivity contribution in [1.29, 1.82) is 0 Å². The average molecular weight is 232 g/mol. The molecule has 2 aliphatic carbocycles. The van der Waals surface area contributed by atoms with E-state index in [9.17, 15) is 9.59 Å². The van der Waals surface area contributed by atoms with Crippen LogP contribution in [-0.4, -0.2) is 11.6 Å². The van der Waals surface area contributed by atoms with Gasteiger partial charge in [-0.3, -0.25) is 9.59 Å². The van der Waals surface area contributed by atoms with Gasteiger partial charge in [-0.2, -0.15) is 0 Å². The topological polar surface area (TPSA) is 34.1 Å². The molecule has 2 heteroatoms. The van der Waals surface area contributed by atoms with Crippen LogP contribution in [0.25, 0.3) is 0 Å². The van der Waals surface area contributed by atoms with Gasteiger partial charge < -0.3 is 0 Å². The monoisotopic (exact) mass is 232 g/mol. The van der Waals surface area contributed by atoms with Gasteiger partial charge in [-0.05, 0) is 30.3 Å². The summed E-state index contributed by atoms with van der Waals surface area (Å²) in [7, 11) is 0. The molecular weight excluding hydrogens is 212 g/mol.